The van der Waals surface area contributed by atoms with Gasteiger partial charge in [-0.2, -0.15) is 0 Å². The van der Waals surface area contributed by atoms with Crippen LogP contribution in [0.4, 0.5) is 10.1 Å². The number of carbonyl (C=O) groups excluding carboxylic acids is 1. The minimum absolute atomic E-state index is 0. The van der Waals surface area contributed by atoms with Crippen LogP contribution in [0.1, 0.15) is 23.4 Å². The van der Waals surface area contributed by atoms with Gasteiger partial charge in [0.1, 0.15) is 12.0 Å². The van der Waals surface area contributed by atoms with Crippen molar-refractivity contribution in [3.63, 3.8) is 0 Å². The molecule has 0 fully saturated rings. The average molecular weight is 400 g/mol. The number of hydrogen-bond acceptors (Lipinski definition) is 1. The first kappa shape index (κ1) is 20.1. The largest absolute Gasteiger partial charge is 1.00 e. The van der Waals surface area contributed by atoms with E-state index in [-0.39, 0.29) is 30.7 Å². The summed E-state index contributed by atoms with van der Waals surface area (Å²) in [6, 6.07) is 12.5. The van der Waals surface area contributed by atoms with E-state index in [4.69, 9.17) is 0 Å². The number of aromatic nitrogens is 2. The Hall–Kier alpha value is -2.66. The van der Waals surface area contributed by atoms with Gasteiger partial charge in [0.2, 0.25) is 0 Å². The fourth-order valence-corrected chi connectivity index (χ4v) is 3.84. The summed E-state index contributed by atoms with van der Waals surface area (Å²) in [7, 11) is 0. The molecule has 0 spiro atoms. The second-order valence-electron chi connectivity index (χ2n) is 7.14. The summed E-state index contributed by atoms with van der Waals surface area (Å²) in [6.07, 6.45) is 4.01. The second-order valence-corrected chi connectivity index (χ2v) is 7.14. The Morgan fingerprint density at radius 1 is 1.14 bits per heavy atom. The number of para-hydroxylation sites is 1. The molecule has 0 radical (unpaired) electrons. The highest BCUT2D eigenvalue weighted by Gasteiger charge is 2.29. The van der Waals surface area contributed by atoms with Crippen molar-refractivity contribution in [2.75, 3.05) is 5.32 Å². The Morgan fingerprint density at radius 2 is 1.82 bits per heavy atom. The molecule has 1 N–H and O–H groups in total. The molecule has 0 atom stereocenters. The number of hydrogen-bond donors (Lipinski definition) is 1. The van der Waals surface area contributed by atoms with Gasteiger partial charge in [0.25, 0.3) is 11.7 Å². The van der Waals surface area contributed by atoms with E-state index in [1.54, 1.807) is 12.1 Å². The average Bonchev–Trinajstić information content (AvgIpc) is 3.23. The first-order valence-corrected chi connectivity index (χ1v) is 9.27. The van der Waals surface area contributed by atoms with Crippen molar-refractivity contribution < 1.29 is 26.2 Å². The molecule has 1 aromatic heterocycles. The molecule has 4 rings (SSSR count). The van der Waals surface area contributed by atoms with Gasteiger partial charge in [0.15, 0.2) is 12.2 Å². The van der Waals surface area contributed by atoms with Crippen molar-refractivity contribution in [1.82, 2.24) is 4.57 Å². The maximum Gasteiger partial charge on any atom is 0.266 e. The number of nitrogens with one attached hydrogen (secondary N) is 1. The highest BCUT2D eigenvalue weighted by molar-refractivity contribution is 5.91. The Morgan fingerprint density at radius 3 is 2.50 bits per heavy atom. The topological polar surface area (TPSA) is 37.9 Å². The minimum Gasteiger partial charge on any atom is -1.00 e. The van der Waals surface area contributed by atoms with Gasteiger partial charge in [0.05, 0.1) is 13.0 Å². The van der Waals surface area contributed by atoms with Crippen LogP contribution in [0, 0.1) is 19.7 Å². The number of fused-ring (bicyclic) bond motifs is 1. The molecular weight excluding hydrogens is 377 g/mol. The van der Waals surface area contributed by atoms with Crippen LogP contribution in [-0.2, 0) is 24.3 Å². The molecule has 0 saturated heterocycles. The number of imidazole rings is 1. The van der Waals surface area contributed by atoms with E-state index < -0.39 is 0 Å². The van der Waals surface area contributed by atoms with Gasteiger partial charge in [-0.25, -0.2) is 13.5 Å². The van der Waals surface area contributed by atoms with Crippen molar-refractivity contribution in [3.05, 3.63) is 71.4 Å². The van der Waals surface area contributed by atoms with E-state index in [0.717, 1.165) is 53.3 Å². The fourth-order valence-electron chi connectivity index (χ4n) is 3.84. The molecule has 2 heterocycles. The van der Waals surface area contributed by atoms with Gasteiger partial charge in [-0.05, 0) is 55.7 Å². The number of rotatable bonds is 4. The Balaban J connectivity index is 0.00000225. The number of anilines is 1. The highest BCUT2D eigenvalue weighted by atomic mass is 35.5. The second kappa shape index (κ2) is 8.15. The number of nitrogens with zero attached hydrogens (tertiary/aromatic N) is 2. The predicted octanol–water partition coefficient (Wildman–Crippen LogP) is 0.787. The lowest BCUT2D eigenvalue weighted by atomic mass is 10.1. The minimum atomic E-state index is -0.243. The first-order valence-electron chi connectivity index (χ1n) is 9.27. The van der Waals surface area contributed by atoms with Gasteiger partial charge >= 0.3 is 0 Å². The van der Waals surface area contributed by atoms with Gasteiger partial charge in [0, 0.05) is 11.3 Å². The lowest BCUT2D eigenvalue weighted by Crippen LogP contribution is -3.00. The smallest absolute Gasteiger partial charge is 0.266 e. The summed E-state index contributed by atoms with van der Waals surface area (Å²) in [5.41, 5.74) is 5.00. The lowest BCUT2D eigenvalue weighted by Gasteiger charge is -2.10. The van der Waals surface area contributed by atoms with E-state index in [1.807, 2.05) is 42.8 Å². The summed E-state index contributed by atoms with van der Waals surface area (Å²) in [5, 5.41) is 3.06. The summed E-state index contributed by atoms with van der Waals surface area (Å²) in [4.78, 5) is 12.7. The van der Waals surface area contributed by atoms with Crippen molar-refractivity contribution >= 4 is 11.6 Å². The van der Waals surface area contributed by atoms with E-state index in [2.05, 4.69) is 9.88 Å². The van der Waals surface area contributed by atoms with E-state index in [1.165, 1.54) is 12.1 Å². The summed E-state index contributed by atoms with van der Waals surface area (Å²) in [5.74, 6) is 0.863. The number of amides is 1. The van der Waals surface area contributed by atoms with Crippen LogP contribution in [-0.4, -0.2) is 10.5 Å². The fraction of sp³-hybridized carbons (Fsp3) is 0.273. The summed E-state index contributed by atoms with van der Waals surface area (Å²) < 4.78 is 17.5. The molecule has 1 aliphatic rings. The number of halogens is 2. The molecule has 146 valence electrons. The van der Waals surface area contributed by atoms with Crippen LogP contribution < -0.4 is 22.3 Å². The van der Waals surface area contributed by atoms with Crippen LogP contribution in [0.2, 0.25) is 0 Å². The number of benzene rings is 2. The molecule has 6 heteroatoms. The normalized spacial score (nSPS) is 12.4. The standard InChI is InChI=1S/C22H22FN3O.ClH/c1-15-5-3-6-16(2)22(15)24-20(27)14-25-13-19(26-12-4-7-21(25)26)17-8-10-18(23)11-9-17;/h3,5-6,8-11,13H,4,7,12,14H2,1-2H3;1H. The number of aryl methyl sites for hydroxylation is 2. The van der Waals surface area contributed by atoms with Crippen LogP contribution in [0.15, 0.2) is 48.7 Å². The molecule has 2 aromatic carbocycles. The van der Waals surface area contributed by atoms with Gasteiger partial charge < -0.3 is 17.7 Å². The summed E-state index contributed by atoms with van der Waals surface area (Å²) in [6.45, 7) is 5.19. The molecule has 3 aromatic rings. The molecule has 1 aliphatic heterocycles. The Bertz CT molecular complexity index is 991. The highest BCUT2D eigenvalue weighted by Crippen LogP contribution is 2.25. The van der Waals surface area contributed by atoms with Gasteiger partial charge in [-0.3, -0.25) is 4.79 Å². The van der Waals surface area contributed by atoms with Crippen LogP contribution in [0.5, 0.6) is 0 Å². The maximum absolute atomic E-state index is 13.3. The molecule has 1 amide bonds. The Labute approximate surface area is 170 Å². The van der Waals surface area contributed by atoms with E-state index >= 15 is 0 Å². The Kier molecular flexibility index (Phi) is 5.84. The molecule has 4 nitrogen and oxygen atoms in total. The first-order chi connectivity index (χ1) is 13.0. The van der Waals surface area contributed by atoms with Crippen molar-refractivity contribution in [3.8, 4) is 11.3 Å². The predicted molar refractivity (Wildman–Crippen MR) is 103 cm³/mol. The summed E-state index contributed by atoms with van der Waals surface area (Å²) >= 11 is 0. The number of carbonyl (C=O) groups is 1. The zero-order chi connectivity index (χ0) is 19.0. The third-order valence-electron chi connectivity index (χ3n) is 5.19. The van der Waals surface area contributed by atoms with E-state index in [0.29, 0.717) is 0 Å². The van der Waals surface area contributed by atoms with Crippen molar-refractivity contribution in [1.29, 1.82) is 0 Å². The molecule has 0 unspecified atom stereocenters. The van der Waals surface area contributed by atoms with Crippen molar-refractivity contribution in [2.24, 2.45) is 0 Å². The molecule has 0 aliphatic carbocycles. The maximum atomic E-state index is 13.3. The van der Waals surface area contributed by atoms with E-state index in [9.17, 15) is 9.18 Å². The molecule has 0 bridgehead atoms. The zero-order valence-corrected chi connectivity index (χ0v) is 16.8. The van der Waals surface area contributed by atoms with Gasteiger partial charge in [-0.15, -0.1) is 0 Å². The zero-order valence-electron chi connectivity index (χ0n) is 16.0. The SMILES string of the molecule is Cc1cccc(C)c1NC(=O)C[n+]1cc(-c2ccc(F)cc2)n2c1CCC2.[Cl-]. The third kappa shape index (κ3) is 3.80. The lowest BCUT2D eigenvalue weighted by molar-refractivity contribution is -0.690. The van der Waals surface area contributed by atoms with Crippen LogP contribution in [0.3, 0.4) is 0 Å². The van der Waals surface area contributed by atoms with Crippen molar-refractivity contribution in [2.45, 2.75) is 39.8 Å². The molecule has 0 saturated carbocycles. The van der Waals surface area contributed by atoms with Gasteiger partial charge in [-0.1, -0.05) is 18.2 Å². The quantitative estimate of drug-likeness (QED) is 0.647. The molecular formula is C22H23ClFN3O. The van der Waals surface area contributed by atoms with Crippen LogP contribution >= 0.6 is 0 Å². The monoisotopic (exact) mass is 399 g/mol. The van der Waals surface area contributed by atoms with Crippen LogP contribution in [0.25, 0.3) is 11.3 Å². The third-order valence-corrected chi connectivity index (χ3v) is 5.19. The molecule has 28 heavy (non-hydrogen) atoms.